The fourth-order valence-corrected chi connectivity index (χ4v) is 3.13. The molecule has 0 radical (unpaired) electrons. The van der Waals surface area contributed by atoms with E-state index < -0.39 is 27.8 Å². The van der Waals surface area contributed by atoms with Crippen molar-refractivity contribution in [3.63, 3.8) is 0 Å². The maximum Gasteiger partial charge on any atom is 0.338 e. The fourth-order valence-electron chi connectivity index (χ4n) is 2.45. The second-order valence-corrected chi connectivity index (χ2v) is 8.02. The minimum absolute atomic E-state index is 0. The topological polar surface area (TPSA) is 116 Å². The summed E-state index contributed by atoms with van der Waals surface area (Å²) in [5, 5.41) is 2.60. The van der Waals surface area contributed by atoms with Gasteiger partial charge in [0.05, 0.1) is 17.1 Å². The van der Waals surface area contributed by atoms with Gasteiger partial charge in [0.15, 0.2) is 9.84 Å². The average Bonchev–Trinajstić information content (AvgIpc) is 2.61. The van der Waals surface area contributed by atoms with Crippen LogP contribution in [0.15, 0.2) is 53.4 Å². The van der Waals surface area contributed by atoms with Crippen molar-refractivity contribution in [1.82, 2.24) is 0 Å². The molecule has 0 heterocycles. The van der Waals surface area contributed by atoms with Gasteiger partial charge in [-0.05, 0) is 30.7 Å². The van der Waals surface area contributed by atoms with Crippen LogP contribution in [0.25, 0.3) is 0 Å². The molecule has 1 unspecified atom stereocenters. The van der Waals surface area contributed by atoms with Crippen LogP contribution in [0.5, 0.6) is 0 Å². The lowest BCUT2D eigenvalue weighted by atomic mass is 10.0. The molecule has 152 valence electrons. The van der Waals surface area contributed by atoms with E-state index >= 15 is 0 Å². The molecule has 1 amide bonds. The Hall–Kier alpha value is -2.42. The van der Waals surface area contributed by atoms with Gasteiger partial charge in [-0.2, -0.15) is 0 Å². The molecule has 2 rings (SSSR count). The van der Waals surface area contributed by atoms with Crippen molar-refractivity contribution >= 4 is 39.8 Å². The smallest absolute Gasteiger partial charge is 0.338 e. The van der Waals surface area contributed by atoms with Crippen LogP contribution >= 0.6 is 12.4 Å². The third-order valence-corrected chi connectivity index (χ3v) is 4.85. The van der Waals surface area contributed by atoms with Crippen LogP contribution in [0.1, 0.15) is 35.3 Å². The number of halogens is 1. The van der Waals surface area contributed by atoms with Crippen LogP contribution in [0.2, 0.25) is 0 Å². The molecule has 0 saturated heterocycles. The van der Waals surface area contributed by atoms with Crippen molar-refractivity contribution in [3.8, 4) is 0 Å². The van der Waals surface area contributed by atoms with E-state index in [1.165, 1.54) is 18.2 Å². The van der Waals surface area contributed by atoms with Gasteiger partial charge in [-0.3, -0.25) is 4.79 Å². The zero-order chi connectivity index (χ0) is 20.0. The summed E-state index contributed by atoms with van der Waals surface area (Å²) in [6, 6.07) is 12.5. The standard InChI is InChI=1S/C19H22N2O5S.ClH/c1-3-26-19(23)14-9-15(11-16(10-14)27(2,24)25)21-18(22)12-17(20)13-7-5-4-6-8-13;/h4-11,17H,3,12,20H2,1-2H3,(H,21,22);1H. The predicted molar refractivity (Wildman–Crippen MR) is 109 cm³/mol. The van der Waals surface area contributed by atoms with Crippen LogP contribution in [-0.2, 0) is 19.4 Å². The molecule has 0 fully saturated rings. The fraction of sp³-hybridized carbons (Fsp3) is 0.263. The highest BCUT2D eigenvalue weighted by Crippen LogP contribution is 2.21. The molecule has 1 atom stereocenters. The zero-order valence-electron chi connectivity index (χ0n) is 15.5. The van der Waals surface area contributed by atoms with Crippen LogP contribution in [-0.4, -0.2) is 33.2 Å². The molecule has 0 aliphatic carbocycles. The molecule has 0 bridgehead atoms. The first-order valence-electron chi connectivity index (χ1n) is 8.33. The monoisotopic (exact) mass is 426 g/mol. The van der Waals surface area contributed by atoms with E-state index in [0.717, 1.165) is 11.8 Å². The number of carbonyl (C=O) groups is 2. The van der Waals surface area contributed by atoms with E-state index in [2.05, 4.69) is 5.32 Å². The number of hydrogen-bond donors (Lipinski definition) is 2. The number of ether oxygens (including phenoxy) is 1. The molecule has 3 N–H and O–H groups in total. The molecule has 0 aliphatic rings. The van der Waals surface area contributed by atoms with Gasteiger partial charge in [0.2, 0.25) is 5.91 Å². The van der Waals surface area contributed by atoms with Gasteiger partial charge in [-0.15, -0.1) is 12.4 Å². The number of carbonyl (C=O) groups excluding carboxylic acids is 2. The van der Waals surface area contributed by atoms with Gasteiger partial charge < -0.3 is 15.8 Å². The maximum absolute atomic E-state index is 12.3. The first-order chi connectivity index (χ1) is 12.7. The van der Waals surface area contributed by atoms with Crippen molar-refractivity contribution in [2.24, 2.45) is 5.73 Å². The number of benzene rings is 2. The Labute approximate surface area is 170 Å². The summed E-state index contributed by atoms with van der Waals surface area (Å²) in [7, 11) is -3.58. The van der Waals surface area contributed by atoms with Gasteiger partial charge >= 0.3 is 5.97 Å². The lowest BCUT2D eigenvalue weighted by molar-refractivity contribution is -0.116. The average molecular weight is 427 g/mol. The lowest BCUT2D eigenvalue weighted by Gasteiger charge is -2.13. The summed E-state index contributed by atoms with van der Waals surface area (Å²) in [5.74, 6) is -1.06. The van der Waals surface area contributed by atoms with E-state index in [-0.39, 0.29) is 41.6 Å². The minimum atomic E-state index is -3.58. The molecule has 0 aliphatic heterocycles. The quantitative estimate of drug-likeness (QED) is 0.657. The van der Waals surface area contributed by atoms with E-state index in [9.17, 15) is 18.0 Å². The van der Waals surface area contributed by atoms with Crippen molar-refractivity contribution in [2.75, 3.05) is 18.2 Å². The van der Waals surface area contributed by atoms with Crippen molar-refractivity contribution in [2.45, 2.75) is 24.3 Å². The maximum atomic E-state index is 12.3. The van der Waals surface area contributed by atoms with Crippen molar-refractivity contribution in [3.05, 3.63) is 59.7 Å². The van der Waals surface area contributed by atoms with Crippen LogP contribution in [0.4, 0.5) is 5.69 Å². The van der Waals surface area contributed by atoms with Crippen LogP contribution in [0.3, 0.4) is 0 Å². The summed E-state index contributed by atoms with van der Waals surface area (Å²) in [5.41, 5.74) is 7.08. The number of nitrogens with one attached hydrogen (secondary N) is 1. The Bertz CT molecular complexity index is 933. The predicted octanol–water partition coefficient (Wildman–Crippen LogP) is 2.72. The summed E-state index contributed by atoms with van der Waals surface area (Å²) < 4.78 is 28.7. The number of sulfone groups is 1. The third kappa shape index (κ3) is 6.63. The van der Waals surface area contributed by atoms with E-state index in [0.29, 0.717) is 0 Å². The molecular formula is C19H23ClN2O5S. The largest absolute Gasteiger partial charge is 0.462 e. The van der Waals surface area contributed by atoms with E-state index in [4.69, 9.17) is 10.5 Å². The van der Waals surface area contributed by atoms with Gasteiger partial charge in [-0.1, -0.05) is 30.3 Å². The molecule has 9 heteroatoms. The highest BCUT2D eigenvalue weighted by molar-refractivity contribution is 7.90. The molecule has 0 aromatic heterocycles. The SMILES string of the molecule is CCOC(=O)c1cc(NC(=O)CC(N)c2ccccc2)cc(S(C)(=O)=O)c1.Cl. The van der Waals surface area contributed by atoms with Gasteiger partial charge in [-0.25, -0.2) is 13.2 Å². The number of amides is 1. The Kier molecular flexibility index (Phi) is 8.62. The molecule has 2 aromatic carbocycles. The minimum Gasteiger partial charge on any atom is -0.462 e. The lowest BCUT2D eigenvalue weighted by Crippen LogP contribution is -2.21. The second kappa shape index (κ2) is 10.2. The highest BCUT2D eigenvalue weighted by atomic mass is 35.5. The molecule has 0 spiro atoms. The molecule has 2 aromatic rings. The number of anilines is 1. The Morgan fingerprint density at radius 3 is 2.36 bits per heavy atom. The van der Waals surface area contributed by atoms with Crippen molar-refractivity contribution < 1.29 is 22.7 Å². The first-order valence-corrected chi connectivity index (χ1v) is 10.2. The number of hydrogen-bond acceptors (Lipinski definition) is 6. The molecule has 7 nitrogen and oxygen atoms in total. The van der Waals surface area contributed by atoms with Gasteiger partial charge in [0.25, 0.3) is 0 Å². The number of esters is 1. The summed E-state index contributed by atoms with van der Waals surface area (Å²) in [4.78, 5) is 24.2. The molecular weight excluding hydrogens is 404 g/mol. The third-order valence-electron chi connectivity index (χ3n) is 3.76. The van der Waals surface area contributed by atoms with Crippen LogP contribution in [0, 0.1) is 0 Å². The Morgan fingerprint density at radius 1 is 1.14 bits per heavy atom. The van der Waals surface area contributed by atoms with E-state index in [1.54, 1.807) is 6.92 Å². The molecule has 0 saturated carbocycles. The van der Waals surface area contributed by atoms with E-state index in [1.807, 2.05) is 30.3 Å². The van der Waals surface area contributed by atoms with Gasteiger partial charge in [0.1, 0.15) is 0 Å². The first kappa shape index (κ1) is 23.6. The highest BCUT2D eigenvalue weighted by Gasteiger charge is 2.17. The number of nitrogens with two attached hydrogens (primary N) is 1. The summed E-state index contributed by atoms with van der Waals surface area (Å²) in [6.07, 6.45) is 1.02. The molecule has 28 heavy (non-hydrogen) atoms. The van der Waals surface area contributed by atoms with Crippen molar-refractivity contribution in [1.29, 1.82) is 0 Å². The second-order valence-electron chi connectivity index (χ2n) is 6.01. The number of rotatable bonds is 7. The summed E-state index contributed by atoms with van der Waals surface area (Å²) >= 11 is 0. The van der Waals surface area contributed by atoms with Gasteiger partial charge in [0, 0.05) is 24.4 Å². The van der Waals surface area contributed by atoms with Crippen LogP contribution < -0.4 is 11.1 Å². The Morgan fingerprint density at radius 2 is 1.79 bits per heavy atom. The zero-order valence-corrected chi connectivity index (χ0v) is 17.2. The normalized spacial score (nSPS) is 11.8. The summed E-state index contributed by atoms with van der Waals surface area (Å²) in [6.45, 7) is 1.79. The Balaban J connectivity index is 0.00000392.